The Bertz CT molecular complexity index is 545. The fourth-order valence-electron chi connectivity index (χ4n) is 1.60. The highest BCUT2D eigenvalue weighted by Crippen LogP contribution is 2.26. The fraction of sp³-hybridized carbons (Fsp3) is 0.231. The third kappa shape index (κ3) is 3.35. The molecule has 0 amide bonds. The summed E-state index contributed by atoms with van der Waals surface area (Å²) < 4.78 is 5.95. The van der Waals surface area contributed by atoms with Crippen molar-refractivity contribution in [1.29, 1.82) is 0 Å². The van der Waals surface area contributed by atoms with Gasteiger partial charge in [-0.15, -0.1) is 0 Å². The highest BCUT2D eigenvalue weighted by molar-refractivity contribution is 9.10. The molecule has 0 radical (unpaired) electrons. The van der Waals surface area contributed by atoms with Crippen molar-refractivity contribution in [2.75, 3.05) is 24.8 Å². The van der Waals surface area contributed by atoms with E-state index in [0.29, 0.717) is 6.54 Å². The summed E-state index contributed by atoms with van der Waals surface area (Å²) >= 11 is 3.47. The average Bonchev–Trinajstić information content (AvgIpc) is 2.47. The average molecular weight is 323 g/mol. The third-order valence-corrected chi connectivity index (χ3v) is 3.40. The Hall–Kier alpha value is -1.82. The molecule has 100 valence electrons. The molecule has 0 bridgehead atoms. The number of nitrogens with one attached hydrogen (secondary N) is 2. The van der Waals surface area contributed by atoms with Gasteiger partial charge in [0.15, 0.2) is 0 Å². The van der Waals surface area contributed by atoms with Crippen LogP contribution in [0.4, 0.5) is 11.6 Å². The number of hydrogen-bond donors (Lipinski definition) is 2. The number of hydrogen-bond acceptors (Lipinski definition) is 5. The van der Waals surface area contributed by atoms with E-state index < -0.39 is 0 Å². The van der Waals surface area contributed by atoms with E-state index in [0.717, 1.165) is 27.4 Å². The van der Waals surface area contributed by atoms with Gasteiger partial charge in [0.25, 0.3) is 0 Å². The summed E-state index contributed by atoms with van der Waals surface area (Å²) in [6, 6.07) is 7.90. The van der Waals surface area contributed by atoms with Gasteiger partial charge in [-0.05, 0) is 33.6 Å². The lowest BCUT2D eigenvalue weighted by Crippen LogP contribution is -2.04. The van der Waals surface area contributed by atoms with Crippen LogP contribution in [0, 0.1) is 0 Å². The Kier molecular flexibility index (Phi) is 4.57. The fourth-order valence-corrected chi connectivity index (χ4v) is 2.14. The van der Waals surface area contributed by atoms with Crippen molar-refractivity contribution in [2.24, 2.45) is 0 Å². The Morgan fingerprint density at radius 2 is 1.84 bits per heavy atom. The summed E-state index contributed by atoms with van der Waals surface area (Å²) in [6.45, 7) is 0.683. The molecule has 0 fully saturated rings. The first-order chi connectivity index (χ1) is 9.24. The number of ether oxygens (including phenoxy) is 1. The van der Waals surface area contributed by atoms with Gasteiger partial charge in [0, 0.05) is 13.6 Å². The van der Waals surface area contributed by atoms with Gasteiger partial charge in [-0.3, -0.25) is 0 Å². The zero-order chi connectivity index (χ0) is 13.7. The first-order valence-corrected chi connectivity index (χ1v) is 6.59. The number of nitrogens with zero attached hydrogens (tertiary/aromatic N) is 2. The number of halogens is 1. The lowest BCUT2D eigenvalue weighted by molar-refractivity contribution is 0.414. The molecular weight excluding hydrogens is 308 g/mol. The minimum absolute atomic E-state index is 0.683. The quantitative estimate of drug-likeness (QED) is 0.886. The third-order valence-electron chi connectivity index (χ3n) is 2.65. The van der Waals surface area contributed by atoms with Crippen LogP contribution >= 0.6 is 15.9 Å². The molecule has 2 rings (SSSR count). The summed E-state index contributed by atoms with van der Waals surface area (Å²) in [5.41, 5.74) is 1.15. The second-order valence-corrected chi connectivity index (χ2v) is 4.63. The number of methoxy groups -OCH3 is 1. The normalized spacial score (nSPS) is 10.1. The van der Waals surface area contributed by atoms with Crippen molar-refractivity contribution < 1.29 is 4.74 Å². The van der Waals surface area contributed by atoms with E-state index >= 15 is 0 Å². The van der Waals surface area contributed by atoms with Gasteiger partial charge in [0.1, 0.15) is 28.2 Å². The smallest absolute Gasteiger partial charge is 0.146 e. The van der Waals surface area contributed by atoms with Gasteiger partial charge in [0.05, 0.1) is 7.11 Å². The first kappa shape index (κ1) is 13.6. The molecule has 0 atom stereocenters. The van der Waals surface area contributed by atoms with E-state index in [9.17, 15) is 0 Å². The van der Waals surface area contributed by atoms with E-state index in [1.54, 1.807) is 7.11 Å². The highest BCUT2D eigenvalue weighted by Gasteiger charge is 2.06. The van der Waals surface area contributed by atoms with E-state index in [2.05, 4.69) is 36.5 Å². The molecule has 5 nitrogen and oxygen atoms in total. The maximum absolute atomic E-state index is 5.12. The topological polar surface area (TPSA) is 59.1 Å². The number of anilines is 2. The Labute approximate surface area is 120 Å². The number of rotatable bonds is 5. The Balaban J connectivity index is 2.05. The first-order valence-electron chi connectivity index (χ1n) is 5.79. The zero-order valence-electron chi connectivity index (χ0n) is 10.8. The van der Waals surface area contributed by atoms with Crippen LogP contribution in [0.3, 0.4) is 0 Å². The summed E-state index contributed by atoms with van der Waals surface area (Å²) in [5.74, 6) is 2.37. The van der Waals surface area contributed by atoms with Crippen molar-refractivity contribution in [2.45, 2.75) is 6.54 Å². The molecule has 0 spiro atoms. The van der Waals surface area contributed by atoms with Crippen LogP contribution in [0.5, 0.6) is 5.75 Å². The van der Waals surface area contributed by atoms with Crippen molar-refractivity contribution in [3.8, 4) is 5.75 Å². The van der Waals surface area contributed by atoms with Crippen LogP contribution in [-0.4, -0.2) is 24.1 Å². The molecule has 19 heavy (non-hydrogen) atoms. The largest absolute Gasteiger partial charge is 0.497 e. The van der Waals surface area contributed by atoms with Crippen LogP contribution in [0.1, 0.15) is 5.56 Å². The molecule has 0 saturated carbocycles. The second kappa shape index (κ2) is 6.38. The standard InChI is InChI=1S/C13H15BrN4O/c1-15-12-11(14)13(18-8-17-12)16-7-9-3-5-10(19-2)6-4-9/h3-6,8H,7H2,1-2H3,(H2,15,16,17,18). The molecule has 0 unspecified atom stereocenters. The molecule has 2 aromatic rings. The lowest BCUT2D eigenvalue weighted by atomic mass is 10.2. The molecule has 0 saturated heterocycles. The molecule has 1 aromatic carbocycles. The van der Waals surface area contributed by atoms with Crippen LogP contribution in [-0.2, 0) is 6.54 Å². The molecule has 6 heteroatoms. The number of benzene rings is 1. The Morgan fingerprint density at radius 1 is 1.16 bits per heavy atom. The summed E-state index contributed by atoms with van der Waals surface area (Å²) in [4.78, 5) is 8.31. The van der Waals surface area contributed by atoms with Crippen molar-refractivity contribution in [1.82, 2.24) is 9.97 Å². The predicted molar refractivity (Wildman–Crippen MR) is 79.6 cm³/mol. The molecule has 1 aromatic heterocycles. The van der Waals surface area contributed by atoms with Crippen LogP contribution < -0.4 is 15.4 Å². The van der Waals surface area contributed by atoms with Gasteiger partial charge >= 0.3 is 0 Å². The maximum atomic E-state index is 5.12. The zero-order valence-corrected chi connectivity index (χ0v) is 12.4. The van der Waals surface area contributed by atoms with Gasteiger partial charge < -0.3 is 15.4 Å². The van der Waals surface area contributed by atoms with E-state index in [1.165, 1.54) is 6.33 Å². The van der Waals surface area contributed by atoms with Crippen LogP contribution in [0.25, 0.3) is 0 Å². The van der Waals surface area contributed by atoms with Crippen LogP contribution in [0.15, 0.2) is 35.1 Å². The van der Waals surface area contributed by atoms with Gasteiger partial charge in [-0.1, -0.05) is 12.1 Å². The number of aromatic nitrogens is 2. The summed E-state index contributed by atoms with van der Waals surface area (Å²) in [7, 11) is 3.48. The maximum Gasteiger partial charge on any atom is 0.146 e. The van der Waals surface area contributed by atoms with Gasteiger partial charge in [-0.2, -0.15) is 0 Å². The van der Waals surface area contributed by atoms with Crippen molar-refractivity contribution in [3.05, 3.63) is 40.6 Å². The van der Waals surface area contributed by atoms with E-state index in [-0.39, 0.29) is 0 Å². The molecule has 0 aliphatic carbocycles. The second-order valence-electron chi connectivity index (χ2n) is 3.84. The predicted octanol–water partition coefficient (Wildman–Crippen LogP) is 2.90. The van der Waals surface area contributed by atoms with Gasteiger partial charge in [0.2, 0.25) is 0 Å². The molecular formula is C13H15BrN4O. The Morgan fingerprint density at radius 3 is 2.47 bits per heavy atom. The molecule has 1 heterocycles. The van der Waals surface area contributed by atoms with E-state index in [4.69, 9.17) is 4.74 Å². The lowest BCUT2D eigenvalue weighted by Gasteiger charge is -2.10. The minimum Gasteiger partial charge on any atom is -0.497 e. The molecule has 0 aliphatic heterocycles. The highest BCUT2D eigenvalue weighted by atomic mass is 79.9. The SMILES string of the molecule is CNc1ncnc(NCc2ccc(OC)cc2)c1Br. The molecule has 0 aliphatic rings. The van der Waals surface area contributed by atoms with E-state index in [1.807, 2.05) is 31.3 Å². The monoisotopic (exact) mass is 322 g/mol. The summed E-state index contributed by atoms with van der Waals surface area (Å²) in [5, 5.41) is 6.26. The van der Waals surface area contributed by atoms with Crippen LogP contribution in [0.2, 0.25) is 0 Å². The van der Waals surface area contributed by atoms with Gasteiger partial charge in [-0.25, -0.2) is 9.97 Å². The molecule has 2 N–H and O–H groups in total. The summed E-state index contributed by atoms with van der Waals surface area (Å²) in [6.07, 6.45) is 1.52. The van der Waals surface area contributed by atoms with Crippen molar-refractivity contribution >= 4 is 27.6 Å². The minimum atomic E-state index is 0.683. The van der Waals surface area contributed by atoms with Crippen molar-refractivity contribution in [3.63, 3.8) is 0 Å².